The third-order valence-electron chi connectivity index (χ3n) is 5.54. The van der Waals surface area contributed by atoms with Gasteiger partial charge >= 0.3 is 6.18 Å². The molecule has 0 unspecified atom stereocenters. The maximum absolute atomic E-state index is 12.9. The molecule has 1 fully saturated rings. The lowest BCUT2D eigenvalue weighted by atomic mass is 10.1. The van der Waals surface area contributed by atoms with E-state index < -0.39 is 11.7 Å². The van der Waals surface area contributed by atoms with Crippen molar-refractivity contribution in [3.05, 3.63) is 71.1 Å². The van der Waals surface area contributed by atoms with Crippen LogP contribution in [0.1, 0.15) is 34.3 Å². The second kappa shape index (κ2) is 9.12. The first-order valence-electron chi connectivity index (χ1n) is 10.4. The topological polar surface area (TPSA) is 62.5 Å². The number of alkyl halides is 3. The highest BCUT2D eigenvalue weighted by Crippen LogP contribution is 2.31. The van der Waals surface area contributed by atoms with E-state index in [1.54, 1.807) is 0 Å². The Morgan fingerprint density at radius 2 is 1.78 bits per heavy atom. The molecule has 2 aromatic carbocycles. The molecule has 6 nitrogen and oxygen atoms in total. The first kappa shape index (κ1) is 22.0. The Balaban J connectivity index is 1.34. The van der Waals surface area contributed by atoms with Gasteiger partial charge in [0.05, 0.1) is 12.1 Å². The van der Waals surface area contributed by atoms with E-state index in [0.29, 0.717) is 44.2 Å². The van der Waals surface area contributed by atoms with Crippen LogP contribution in [0.15, 0.2) is 53.1 Å². The number of carbonyl (C=O) groups is 1. The van der Waals surface area contributed by atoms with Gasteiger partial charge in [-0.1, -0.05) is 36.3 Å². The summed E-state index contributed by atoms with van der Waals surface area (Å²) >= 11 is 0. The molecular formula is C23H23F3N4O2. The zero-order valence-electron chi connectivity index (χ0n) is 17.6. The summed E-state index contributed by atoms with van der Waals surface area (Å²) in [4.78, 5) is 20.9. The predicted molar refractivity (Wildman–Crippen MR) is 112 cm³/mol. The number of aromatic nitrogens is 2. The molecule has 32 heavy (non-hydrogen) atoms. The van der Waals surface area contributed by atoms with Crippen molar-refractivity contribution in [2.45, 2.75) is 26.1 Å². The van der Waals surface area contributed by atoms with Gasteiger partial charge in [-0.3, -0.25) is 9.69 Å². The molecule has 0 radical (unpaired) electrons. The summed E-state index contributed by atoms with van der Waals surface area (Å²) in [6, 6.07) is 12.5. The highest BCUT2D eigenvalue weighted by molar-refractivity contribution is 5.94. The molecule has 2 heterocycles. The van der Waals surface area contributed by atoms with E-state index in [1.165, 1.54) is 17.7 Å². The third-order valence-corrected chi connectivity index (χ3v) is 5.54. The Morgan fingerprint density at radius 1 is 1.06 bits per heavy atom. The summed E-state index contributed by atoms with van der Waals surface area (Å²) in [6.45, 7) is 4.87. The summed E-state index contributed by atoms with van der Waals surface area (Å²) in [5, 5.41) is 3.83. The number of benzene rings is 2. The quantitative estimate of drug-likeness (QED) is 0.588. The average Bonchev–Trinajstić information content (AvgIpc) is 3.27. The lowest BCUT2D eigenvalue weighted by Gasteiger charge is -2.34. The smallest absolute Gasteiger partial charge is 0.338 e. The minimum atomic E-state index is -4.43. The van der Waals surface area contributed by atoms with Gasteiger partial charge in [0.1, 0.15) is 0 Å². The molecule has 0 atom stereocenters. The van der Waals surface area contributed by atoms with E-state index in [4.69, 9.17) is 4.52 Å². The Hall–Kier alpha value is -3.20. The molecule has 0 aliphatic carbocycles. The predicted octanol–water partition coefficient (Wildman–Crippen LogP) is 4.28. The second-order valence-electron chi connectivity index (χ2n) is 7.71. The summed E-state index contributed by atoms with van der Waals surface area (Å²) in [7, 11) is 0. The maximum Gasteiger partial charge on any atom is 0.416 e. The van der Waals surface area contributed by atoms with Gasteiger partial charge in [0.2, 0.25) is 11.7 Å². The highest BCUT2D eigenvalue weighted by Gasteiger charge is 2.31. The van der Waals surface area contributed by atoms with Gasteiger partial charge in [-0.25, -0.2) is 0 Å². The van der Waals surface area contributed by atoms with Crippen molar-refractivity contribution >= 4 is 5.91 Å². The van der Waals surface area contributed by atoms with Gasteiger partial charge in [-0.05, 0) is 36.2 Å². The van der Waals surface area contributed by atoms with Crippen LogP contribution in [-0.2, 0) is 19.1 Å². The summed E-state index contributed by atoms with van der Waals surface area (Å²) in [6.07, 6.45) is -3.50. The van der Waals surface area contributed by atoms with Crippen LogP contribution in [0, 0.1) is 0 Å². The number of aryl methyl sites for hydroxylation is 1. The van der Waals surface area contributed by atoms with Crippen LogP contribution in [0.5, 0.6) is 0 Å². The van der Waals surface area contributed by atoms with Crippen molar-refractivity contribution in [3.8, 4) is 11.4 Å². The van der Waals surface area contributed by atoms with Gasteiger partial charge < -0.3 is 9.42 Å². The van der Waals surface area contributed by atoms with E-state index >= 15 is 0 Å². The number of rotatable bonds is 5. The van der Waals surface area contributed by atoms with Crippen LogP contribution in [0.2, 0.25) is 0 Å². The van der Waals surface area contributed by atoms with Crippen molar-refractivity contribution in [2.75, 3.05) is 26.2 Å². The average molecular weight is 444 g/mol. The van der Waals surface area contributed by atoms with Crippen molar-refractivity contribution in [3.63, 3.8) is 0 Å². The fraction of sp³-hybridized carbons (Fsp3) is 0.348. The lowest BCUT2D eigenvalue weighted by Crippen LogP contribution is -2.48. The van der Waals surface area contributed by atoms with Crippen LogP contribution >= 0.6 is 0 Å². The normalized spacial score (nSPS) is 15.2. The number of halogens is 3. The molecule has 1 aliphatic heterocycles. The first-order valence-corrected chi connectivity index (χ1v) is 10.4. The van der Waals surface area contributed by atoms with E-state index in [2.05, 4.69) is 22.0 Å². The molecule has 1 amide bonds. The first-order chi connectivity index (χ1) is 15.3. The number of nitrogens with zero attached hydrogens (tertiary/aromatic N) is 4. The molecule has 0 N–H and O–H groups in total. The fourth-order valence-electron chi connectivity index (χ4n) is 3.64. The summed E-state index contributed by atoms with van der Waals surface area (Å²) in [5.74, 6) is 0.458. The number of piperazine rings is 1. The van der Waals surface area contributed by atoms with E-state index in [9.17, 15) is 18.0 Å². The third kappa shape index (κ3) is 4.99. The lowest BCUT2D eigenvalue weighted by molar-refractivity contribution is -0.137. The minimum Gasteiger partial charge on any atom is -0.338 e. The molecule has 3 aromatic rings. The highest BCUT2D eigenvalue weighted by atomic mass is 19.4. The molecule has 1 aliphatic rings. The van der Waals surface area contributed by atoms with Gasteiger partial charge in [-0.15, -0.1) is 0 Å². The molecule has 1 saturated heterocycles. The fourth-order valence-corrected chi connectivity index (χ4v) is 3.64. The molecule has 4 rings (SSSR count). The number of hydrogen-bond acceptors (Lipinski definition) is 5. The number of carbonyl (C=O) groups excluding carboxylic acids is 1. The van der Waals surface area contributed by atoms with E-state index in [-0.39, 0.29) is 17.3 Å². The van der Waals surface area contributed by atoms with Crippen LogP contribution < -0.4 is 0 Å². The molecule has 0 spiro atoms. The van der Waals surface area contributed by atoms with Gasteiger partial charge in [0.25, 0.3) is 5.91 Å². The molecule has 1 aromatic heterocycles. The van der Waals surface area contributed by atoms with Gasteiger partial charge in [0.15, 0.2) is 0 Å². The van der Waals surface area contributed by atoms with E-state index in [0.717, 1.165) is 18.6 Å². The number of amides is 1. The van der Waals surface area contributed by atoms with Crippen molar-refractivity contribution in [1.82, 2.24) is 19.9 Å². The zero-order valence-corrected chi connectivity index (χ0v) is 17.6. The number of hydrogen-bond donors (Lipinski definition) is 0. The Kier molecular flexibility index (Phi) is 6.27. The van der Waals surface area contributed by atoms with E-state index in [1.807, 2.05) is 29.2 Å². The zero-order chi connectivity index (χ0) is 22.7. The molecular weight excluding hydrogens is 421 g/mol. The van der Waals surface area contributed by atoms with Crippen LogP contribution in [0.4, 0.5) is 13.2 Å². The van der Waals surface area contributed by atoms with Crippen LogP contribution in [0.3, 0.4) is 0 Å². The molecule has 9 heteroatoms. The largest absolute Gasteiger partial charge is 0.416 e. The SMILES string of the molecule is CCc1ccc(C(=O)N2CCN(Cc3nc(-c4cccc(C(F)(F)F)c4)no3)CC2)cc1. The van der Waals surface area contributed by atoms with Crippen molar-refractivity contribution < 1.29 is 22.5 Å². The summed E-state index contributed by atoms with van der Waals surface area (Å²) < 4.78 is 44.0. The minimum absolute atomic E-state index is 0.0110. The van der Waals surface area contributed by atoms with Crippen molar-refractivity contribution in [2.24, 2.45) is 0 Å². The molecule has 0 bridgehead atoms. The van der Waals surface area contributed by atoms with Crippen molar-refractivity contribution in [1.29, 1.82) is 0 Å². The molecule has 0 saturated carbocycles. The Morgan fingerprint density at radius 3 is 2.44 bits per heavy atom. The monoisotopic (exact) mass is 444 g/mol. The van der Waals surface area contributed by atoms with Gasteiger partial charge in [0, 0.05) is 37.3 Å². The maximum atomic E-state index is 12.9. The van der Waals surface area contributed by atoms with Crippen LogP contribution in [0.25, 0.3) is 11.4 Å². The van der Waals surface area contributed by atoms with Gasteiger partial charge in [-0.2, -0.15) is 18.2 Å². The van der Waals surface area contributed by atoms with Crippen LogP contribution in [-0.4, -0.2) is 52.0 Å². The standard InChI is InChI=1S/C23H23F3N4O2/c1-2-16-6-8-17(9-7-16)22(31)30-12-10-29(11-13-30)15-20-27-21(28-32-20)18-4-3-5-19(14-18)23(24,25)26/h3-9,14H,2,10-13,15H2,1H3. The Labute approximate surface area is 183 Å². The molecule has 168 valence electrons. The Bertz CT molecular complexity index is 1070. The summed E-state index contributed by atoms with van der Waals surface area (Å²) in [5.41, 5.74) is 1.36. The second-order valence-corrected chi connectivity index (χ2v) is 7.71.